The quantitative estimate of drug-likeness (QED) is 0.518. The molecule has 1 spiro atoms. The van der Waals surface area contributed by atoms with Crippen LogP contribution in [0.1, 0.15) is 19.3 Å². The van der Waals surface area contributed by atoms with Gasteiger partial charge in [-0.05, 0) is 19.3 Å². The van der Waals surface area contributed by atoms with Gasteiger partial charge in [0.05, 0.1) is 0 Å². The van der Waals surface area contributed by atoms with Crippen LogP contribution in [0.15, 0.2) is 0 Å². The monoisotopic (exact) mass is 141 g/mol. The highest BCUT2D eigenvalue weighted by atomic mass is 16.5. The van der Waals surface area contributed by atoms with Gasteiger partial charge in [-0.15, -0.1) is 0 Å². The Labute approximate surface area is 59.7 Å². The van der Waals surface area contributed by atoms with Crippen LogP contribution in [0.25, 0.3) is 0 Å². The van der Waals surface area contributed by atoms with E-state index in [1.165, 1.54) is 0 Å². The first-order valence-corrected chi connectivity index (χ1v) is 3.76. The molecule has 2 rings (SSSR count). The molecule has 1 heterocycles. The Balaban J connectivity index is 2.09. The Hall–Kier alpha value is -0.570. The summed E-state index contributed by atoms with van der Waals surface area (Å²) in [6.07, 6.45) is 2.78. The van der Waals surface area contributed by atoms with Crippen molar-refractivity contribution < 1.29 is 9.53 Å². The minimum atomic E-state index is -0.378. The molecular formula is C7H11NO2. The van der Waals surface area contributed by atoms with E-state index in [0.29, 0.717) is 0 Å². The van der Waals surface area contributed by atoms with Crippen LogP contribution >= 0.6 is 0 Å². The molecule has 56 valence electrons. The molecule has 1 aliphatic heterocycles. The van der Waals surface area contributed by atoms with E-state index in [4.69, 9.17) is 4.74 Å². The van der Waals surface area contributed by atoms with Crippen molar-refractivity contribution in [3.63, 3.8) is 0 Å². The number of hydrogen-bond donors (Lipinski definition) is 1. The van der Waals surface area contributed by atoms with Crippen LogP contribution in [0.3, 0.4) is 0 Å². The summed E-state index contributed by atoms with van der Waals surface area (Å²) in [4.78, 5) is 11.2. The van der Waals surface area contributed by atoms with Gasteiger partial charge in [0.2, 0.25) is 0 Å². The molecule has 1 saturated carbocycles. The van der Waals surface area contributed by atoms with Gasteiger partial charge in [-0.1, -0.05) is 0 Å². The third-order valence-corrected chi connectivity index (χ3v) is 2.10. The lowest BCUT2D eigenvalue weighted by molar-refractivity contribution is -0.133. The first-order valence-electron chi connectivity index (χ1n) is 3.76. The summed E-state index contributed by atoms with van der Waals surface area (Å²) in [6.45, 7) is 1.51. The van der Waals surface area contributed by atoms with Gasteiger partial charge in [0.25, 0.3) is 5.91 Å². The Morgan fingerprint density at radius 2 is 2.30 bits per heavy atom. The van der Waals surface area contributed by atoms with E-state index in [1.807, 2.05) is 0 Å². The molecule has 0 aromatic carbocycles. The fourth-order valence-electron chi connectivity index (χ4n) is 1.25. The third kappa shape index (κ3) is 0.814. The van der Waals surface area contributed by atoms with Gasteiger partial charge < -0.3 is 10.1 Å². The van der Waals surface area contributed by atoms with Crippen LogP contribution < -0.4 is 5.32 Å². The van der Waals surface area contributed by atoms with E-state index in [1.54, 1.807) is 0 Å². The molecule has 10 heavy (non-hydrogen) atoms. The number of carbonyl (C=O) groups is 1. The highest BCUT2D eigenvalue weighted by molar-refractivity contribution is 5.88. The number of carbonyl (C=O) groups excluding carboxylic acids is 1. The highest BCUT2D eigenvalue weighted by Gasteiger charge is 2.51. The maximum atomic E-state index is 11.2. The molecule has 0 aromatic heterocycles. The van der Waals surface area contributed by atoms with Gasteiger partial charge >= 0.3 is 0 Å². The maximum Gasteiger partial charge on any atom is 0.252 e. The van der Waals surface area contributed by atoms with E-state index in [0.717, 1.165) is 32.4 Å². The molecule has 1 amide bonds. The van der Waals surface area contributed by atoms with Crippen molar-refractivity contribution in [2.24, 2.45) is 0 Å². The normalized spacial score (nSPS) is 29.4. The third-order valence-electron chi connectivity index (χ3n) is 2.10. The van der Waals surface area contributed by atoms with Crippen LogP contribution in [-0.2, 0) is 9.53 Å². The number of ether oxygens (including phenoxy) is 1. The molecule has 0 aromatic rings. The van der Waals surface area contributed by atoms with Crippen LogP contribution in [0.2, 0.25) is 0 Å². The van der Waals surface area contributed by atoms with Gasteiger partial charge in [0, 0.05) is 13.2 Å². The Morgan fingerprint density at radius 1 is 1.50 bits per heavy atom. The van der Waals surface area contributed by atoms with Crippen LogP contribution in [0.4, 0.5) is 0 Å². The van der Waals surface area contributed by atoms with E-state index >= 15 is 0 Å². The summed E-state index contributed by atoms with van der Waals surface area (Å²) < 4.78 is 5.40. The van der Waals surface area contributed by atoms with Gasteiger partial charge in [-0.25, -0.2) is 0 Å². The largest absolute Gasteiger partial charge is 0.365 e. The summed E-state index contributed by atoms with van der Waals surface area (Å²) in [5.41, 5.74) is -0.378. The van der Waals surface area contributed by atoms with Crippen molar-refractivity contribution in [1.29, 1.82) is 0 Å². The second kappa shape index (κ2) is 1.95. The summed E-state index contributed by atoms with van der Waals surface area (Å²) in [6, 6.07) is 0. The molecule has 0 unspecified atom stereocenters. The van der Waals surface area contributed by atoms with E-state index in [2.05, 4.69) is 5.32 Å². The highest BCUT2D eigenvalue weighted by Crippen LogP contribution is 2.40. The fraction of sp³-hybridized carbons (Fsp3) is 0.857. The smallest absolute Gasteiger partial charge is 0.252 e. The van der Waals surface area contributed by atoms with E-state index in [-0.39, 0.29) is 11.5 Å². The molecule has 1 aliphatic carbocycles. The van der Waals surface area contributed by atoms with E-state index < -0.39 is 0 Å². The fourth-order valence-corrected chi connectivity index (χ4v) is 1.25. The zero-order chi connectivity index (χ0) is 7.03. The van der Waals surface area contributed by atoms with Crippen LogP contribution in [0.5, 0.6) is 0 Å². The molecule has 0 radical (unpaired) electrons. The molecule has 3 nitrogen and oxygen atoms in total. The van der Waals surface area contributed by atoms with Crippen LogP contribution in [-0.4, -0.2) is 24.7 Å². The van der Waals surface area contributed by atoms with Gasteiger partial charge in [0.1, 0.15) is 5.60 Å². The minimum absolute atomic E-state index is 0.102. The first-order chi connectivity index (χ1) is 4.83. The van der Waals surface area contributed by atoms with Crippen molar-refractivity contribution in [1.82, 2.24) is 5.32 Å². The molecule has 2 aliphatic rings. The molecule has 2 fully saturated rings. The first kappa shape index (κ1) is 6.16. The summed E-state index contributed by atoms with van der Waals surface area (Å²) in [5, 5.41) is 2.83. The SMILES string of the molecule is O=C1NCCCOC12CC2. The van der Waals surface area contributed by atoms with Gasteiger partial charge in [-0.2, -0.15) is 0 Å². The van der Waals surface area contributed by atoms with Crippen molar-refractivity contribution in [3.8, 4) is 0 Å². The van der Waals surface area contributed by atoms with Crippen molar-refractivity contribution in [2.75, 3.05) is 13.2 Å². The number of nitrogens with one attached hydrogen (secondary N) is 1. The molecule has 1 saturated heterocycles. The Bertz CT molecular complexity index is 163. The standard InChI is InChI=1S/C7H11NO2/c9-6-7(2-3-7)10-5-1-4-8-6/h1-5H2,(H,8,9). The second-order valence-corrected chi connectivity index (χ2v) is 2.95. The number of amides is 1. The minimum Gasteiger partial charge on any atom is -0.365 e. The molecule has 1 N–H and O–H groups in total. The number of rotatable bonds is 0. The zero-order valence-electron chi connectivity index (χ0n) is 5.85. The second-order valence-electron chi connectivity index (χ2n) is 2.95. The van der Waals surface area contributed by atoms with Gasteiger partial charge in [0.15, 0.2) is 0 Å². The van der Waals surface area contributed by atoms with Gasteiger partial charge in [-0.3, -0.25) is 4.79 Å². The van der Waals surface area contributed by atoms with Crippen molar-refractivity contribution in [2.45, 2.75) is 24.9 Å². The summed E-state index contributed by atoms with van der Waals surface area (Å²) in [7, 11) is 0. The maximum absolute atomic E-state index is 11.2. The lowest BCUT2D eigenvalue weighted by Gasteiger charge is -2.09. The molecule has 3 heteroatoms. The average Bonchev–Trinajstić information content (AvgIpc) is 2.69. The molecule has 0 bridgehead atoms. The summed E-state index contributed by atoms with van der Waals surface area (Å²) in [5.74, 6) is 0.102. The zero-order valence-corrected chi connectivity index (χ0v) is 5.85. The predicted octanol–water partition coefficient (Wildman–Crippen LogP) is 0.0555. The van der Waals surface area contributed by atoms with Crippen molar-refractivity contribution in [3.05, 3.63) is 0 Å². The lowest BCUT2D eigenvalue weighted by atomic mass is 10.3. The average molecular weight is 141 g/mol. The summed E-state index contributed by atoms with van der Waals surface area (Å²) >= 11 is 0. The Morgan fingerprint density at radius 3 is 3.00 bits per heavy atom. The van der Waals surface area contributed by atoms with Crippen LogP contribution in [0, 0.1) is 0 Å². The Kier molecular flexibility index (Phi) is 1.20. The number of hydrogen-bond acceptors (Lipinski definition) is 2. The molecule has 0 atom stereocenters. The van der Waals surface area contributed by atoms with E-state index in [9.17, 15) is 4.79 Å². The lowest BCUT2D eigenvalue weighted by Crippen LogP contribution is -2.35. The molecular weight excluding hydrogens is 130 g/mol. The topological polar surface area (TPSA) is 38.3 Å². The van der Waals surface area contributed by atoms with Crippen molar-refractivity contribution >= 4 is 5.91 Å². The predicted molar refractivity (Wildman–Crippen MR) is 35.5 cm³/mol.